The van der Waals surface area contributed by atoms with E-state index in [2.05, 4.69) is 15.1 Å². The van der Waals surface area contributed by atoms with Crippen molar-refractivity contribution in [3.8, 4) is 17.7 Å². The number of alkyl halides is 6. The monoisotopic (exact) mass is 477 g/mol. The molecule has 0 atom stereocenters. The molecule has 0 amide bonds. The van der Waals surface area contributed by atoms with Crippen LogP contribution < -0.4 is 0 Å². The number of hydrogen-bond donors (Lipinski definition) is 0. The van der Waals surface area contributed by atoms with Crippen LogP contribution in [0.25, 0.3) is 22.5 Å². The third kappa shape index (κ3) is 3.87. The maximum Gasteiger partial charge on any atom is 0.433 e. The third-order valence-corrected chi connectivity index (χ3v) is 5.54. The normalized spacial score (nSPS) is 14.5. The Balaban J connectivity index is 1.56. The van der Waals surface area contributed by atoms with Gasteiger partial charge < -0.3 is 9.09 Å². The fourth-order valence-corrected chi connectivity index (χ4v) is 3.92. The predicted molar refractivity (Wildman–Crippen MR) is 105 cm³/mol. The van der Waals surface area contributed by atoms with Gasteiger partial charge in [-0.3, -0.25) is 0 Å². The van der Waals surface area contributed by atoms with E-state index < -0.39 is 29.2 Å². The number of fused-ring (bicyclic) bond motifs is 1. The van der Waals surface area contributed by atoms with Crippen molar-refractivity contribution >= 4 is 10.9 Å². The fourth-order valence-electron chi connectivity index (χ4n) is 3.92. The van der Waals surface area contributed by atoms with Crippen LogP contribution in [-0.2, 0) is 18.9 Å². The highest BCUT2D eigenvalue weighted by Gasteiger charge is 2.38. The first-order chi connectivity index (χ1) is 16.1. The van der Waals surface area contributed by atoms with Crippen LogP contribution >= 0.6 is 0 Å². The largest absolute Gasteiger partial charge is 0.433 e. The van der Waals surface area contributed by atoms with Gasteiger partial charge in [0, 0.05) is 16.6 Å². The van der Waals surface area contributed by atoms with E-state index in [1.165, 1.54) is 18.2 Å². The molecule has 1 saturated carbocycles. The highest BCUT2D eigenvalue weighted by Crippen LogP contribution is 2.45. The summed E-state index contributed by atoms with van der Waals surface area (Å²) in [7, 11) is 0. The number of hydrogen-bond acceptors (Lipinski definition) is 5. The average Bonchev–Trinajstić information content (AvgIpc) is 3.41. The van der Waals surface area contributed by atoms with E-state index in [9.17, 15) is 31.6 Å². The standard InChI is InChI=1S/C22H13F6N5O/c23-21(24,25)17-3-1-2-14(30-17)20-31-18(32-34-20)10-33-15-7-6-12(9-29)19(22(26,27)28)13(15)8-16(33)11-4-5-11/h1-3,6-8,11H,4-5,10H2. The molecule has 1 aromatic carbocycles. The van der Waals surface area contributed by atoms with Crippen LogP contribution in [0.3, 0.4) is 0 Å². The number of aromatic nitrogens is 4. The Bertz CT molecular complexity index is 1440. The van der Waals surface area contributed by atoms with Crippen molar-refractivity contribution in [2.24, 2.45) is 0 Å². The third-order valence-electron chi connectivity index (χ3n) is 5.54. The van der Waals surface area contributed by atoms with Crippen molar-refractivity contribution in [2.45, 2.75) is 37.7 Å². The summed E-state index contributed by atoms with van der Waals surface area (Å²) in [5, 5.41) is 12.9. The molecule has 6 nitrogen and oxygen atoms in total. The summed E-state index contributed by atoms with van der Waals surface area (Å²) in [6.07, 6.45) is -7.78. The number of rotatable bonds is 4. The molecule has 0 unspecified atom stereocenters. The molecule has 0 aliphatic heterocycles. The topological polar surface area (TPSA) is 80.5 Å². The van der Waals surface area contributed by atoms with Crippen molar-refractivity contribution < 1.29 is 30.9 Å². The molecule has 1 aliphatic rings. The average molecular weight is 477 g/mol. The van der Waals surface area contributed by atoms with Gasteiger partial charge in [0.15, 0.2) is 5.82 Å². The molecule has 0 spiro atoms. The minimum absolute atomic E-state index is 0.0514. The Hall–Kier alpha value is -3.88. The minimum atomic E-state index is -4.73. The van der Waals surface area contributed by atoms with Crippen molar-refractivity contribution in [3.05, 3.63) is 64.7 Å². The number of nitriles is 1. The predicted octanol–water partition coefficient (Wildman–Crippen LogP) is 5.92. The van der Waals surface area contributed by atoms with Gasteiger partial charge in [0.2, 0.25) is 0 Å². The molecule has 4 aromatic rings. The highest BCUT2D eigenvalue weighted by molar-refractivity contribution is 5.88. The van der Waals surface area contributed by atoms with E-state index in [0.717, 1.165) is 31.0 Å². The van der Waals surface area contributed by atoms with Crippen molar-refractivity contribution in [2.75, 3.05) is 0 Å². The molecule has 3 heterocycles. The molecule has 0 N–H and O–H groups in total. The maximum atomic E-state index is 13.8. The first-order valence-electron chi connectivity index (χ1n) is 10.1. The molecule has 0 radical (unpaired) electrons. The molecule has 5 rings (SSSR count). The van der Waals surface area contributed by atoms with E-state index in [1.54, 1.807) is 10.6 Å². The fraction of sp³-hybridized carbons (Fsp3) is 0.273. The number of nitrogens with zero attached hydrogens (tertiary/aromatic N) is 5. The Morgan fingerprint density at radius 2 is 1.79 bits per heavy atom. The Labute approximate surface area is 187 Å². The summed E-state index contributed by atoms with van der Waals surface area (Å²) < 4.78 is 86.9. The summed E-state index contributed by atoms with van der Waals surface area (Å²) in [5.41, 5.74) is -1.89. The van der Waals surface area contributed by atoms with Crippen LogP contribution in [0, 0.1) is 11.3 Å². The zero-order valence-corrected chi connectivity index (χ0v) is 17.1. The summed E-state index contributed by atoms with van der Waals surface area (Å²) in [4.78, 5) is 7.61. The van der Waals surface area contributed by atoms with Crippen LogP contribution in [-0.4, -0.2) is 19.7 Å². The molecule has 12 heteroatoms. The molecule has 0 saturated heterocycles. The van der Waals surface area contributed by atoms with E-state index >= 15 is 0 Å². The second-order valence-corrected chi connectivity index (χ2v) is 7.88. The highest BCUT2D eigenvalue weighted by atomic mass is 19.4. The summed E-state index contributed by atoms with van der Waals surface area (Å²) in [5.74, 6) is -0.129. The van der Waals surface area contributed by atoms with E-state index in [0.29, 0.717) is 5.69 Å². The van der Waals surface area contributed by atoms with Crippen LogP contribution in [0.4, 0.5) is 26.3 Å². The van der Waals surface area contributed by atoms with E-state index in [1.807, 2.05) is 0 Å². The van der Waals surface area contributed by atoms with Gasteiger partial charge in [-0.1, -0.05) is 11.2 Å². The van der Waals surface area contributed by atoms with Crippen molar-refractivity contribution in [1.82, 2.24) is 19.7 Å². The zero-order chi connectivity index (χ0) is 24.3. The van der Waals surface area contributed by atoms with Crippen LogP contribution in [0.5, 0.6) is 0 Å². The van der Waals surface area contributed by atoms with Crippen LogP contribution in [0.2, 0.25) is 0 Å². The van der Waals surface area contributed by atoms with Gasteiger partial charge in [0.25, 0.3) is 5.89 Å². The lowest BCUT2D eigenvalue weighted by Gasteiger charge is -2.11. The van der Waals surface area contributed by atoms with Gasteiger partial charge in [0.1, 0.15) is 11.4 Å². The van der Waals surface area contributed by atoms with E-state index in [-0.39, 0.29) is 40.8 Å². The summed E-state index contributed by atoms with van der Waals surface area (Å²) in [6.45, 7) is -0.0685. The lowest BCUT2D eigenvalue weighted by atomic mass is 10.0. The molecule has 174 valence electrons. The molecule has 3 aromatic heterocycles. The van der Waals surface area contributed by atoms with Gasteiger partial charge in [0.05, 0.1) is 23.7 Å². The molecule has 1 fully saturated rings. The van der Waals surface area contributed by atoms with Gasteiger partial charge >= 0.3 is 12.4 Å². The number of halogens is 6. The Morgan fingerprint density at radius 1 is 1.03 bits per heavy atom. The quantitative estimate of drug-likeness (QED) is 0.341. The molecule has 34 heavy (non-hydrogen) atoms. The molecular weight excluding hydrogens is 464 g/mol. The second-order valence-electron chi connectivity index (χ2n) is 7.88. The van der Waals surface area contributed by atoms with Gasteiger partial charge in [-0.25, -0.2) is 4.98 Å². The van der Waals surface area contributed by atoms with Gasteiger partial charge in [-0.15, -0.1) is 0 Å². The molecule has 1 aliphatic carbocycles. The lowest BCUT2D eigenvalue weighted by molar-refractivity contribution is -0.141. The Morgan fingerprint density at radius 3 is 2.44 bits per heavy atom. The summed E-state index contributed by atoms with van der Waals surface area (Å²) in [6, 6.07) is 8.84. The smallest absolute Gasteiger partial charge is 0.337 e. The second kappa shape index (κ2) is 7.58. The first-order valence-corrected chi connectivity index (χ1v) is 10.1. The lowest BCUT2D eigenvalue weighted by Crippen LogP contribution is -2.09. The summed E-state index contributed by atoms with van der Waals surface area (Å²) >= 11 is 0. The van der Waals surface area contributed by atoms with Crippen molar-refractivity contribution in [1.29, 1.82) is 5.26 Å². The van der Waals surface area contributed by atoms with Gasteiger partial charge in [-0.05, 0) is 49.1 Å². The van der Waals surface area contributed by atoms with Crippen LogP contribution in [0.1, 0.15) is 47.1 Å². The number of benzene rings is 1. The number of pyridine rings is 1. The zero-order valence-electron chi connectivity index (χ0n) is 17.1. The minimum Gasteiger partial charge on any atom is -0.337 e. The first kappa shape index (κ1) is 21.9. The van der Waals surface area contributed by atoms with Crippen molar-refractivity contribution in [3.63, 3.8) is 0 Å². The van der Waals surface area contributed by atoms with E-state index in [4.69, 9.17) is 4.52 Å². The van der Waals surface area contributed by atoms with Gasteiger partial charge in [-0.2, -0.15) is 36.6 Å². The Kier molecular flexibility index (Phi) is 4.89. The maximum absolute atomic E-state index is 13.8. The SMILES string of the molecule is N#Cc1ccc2c(cc(C3CC3)n2Cc2noc(-c3cccc(C(F)(F)F)n3)n2)c1C(F)(F)F. The molecule has 0 bridgehead atoms. The van der Waals surface area contributed by atoms with Crippen LogP contribution in [0.15, 0.2) is 40.9 Å². The molecular formula is C22H13F6N5O.